The monoisotopic (exact) mass is 413 g/mol. The van der Waals surface area contributed by atoms with Crippen molar-refractivity contribution in [3.8, 4) is 0 Å². The van der Waals surface area contributed by atoms with Crippen LogP contribution in [0.25, 0.3) is 0 Å². The third-order valence-corrected chi connectivity index (χ3v) is 6.92. The fourth-order valence-electron chi connectivity index (χ4n) is 2.67. The Morgan fingerprint density at radius 2 is 2.04 bits per heavy atom. The highest BCUT2D eigenvalue weighted by molar-refractivity contribution is 7.99. The van der Waals surface area contributed by atoms with E-state index in [4.69, 9.17) is 0 Å². The number of sulfonamides is 1. The van der Waals surface area contributed by atoms with Gasteiger partial charge in [0.15, 0.2) is 0 Å². The van der Waals surface area contributed by atoms with E-state index in [2.05, 4.69) is 15.2 Å². The minimum atomic E-state index is -3.76. The molecule has 1 N–H and O–H groups in total. The van der Waals surface area contributed by atoms with Gasteiger partial charge >= 0.3 is 0 Å². The lowest BCUT2D eigenvalue weighted by Crippen LogP contribution is -2.51. The summed E-state index contributed by atoms with van der Waals surface area (Å²) in [5.41, 5.74) is 0. The molecule has 1 saturated heterocycles. The number of carbonyl (C=O) groups excluding carboxylic acids is 1. The molecule has 3 rings (SSSR count). The van der Waals surface area contributed by atoms with Crippen molar-refractivity contribution in [2.45, 2.75) is 23.4 Å². The van der Waals surface area contributed by atoms with Crippen molar-refractivity contribution in [3.05, 3.63) is 35.9 Å². The van der Waals surface area contributed by atoms with Crippen LogP contribution < -0.4 is 0 Å². The molecular formula is C16H20FN5O3S2. The van der Waals surface area contributed by atoms with Gasteiger partial charge in [0.25, 0.3) is 0 Å². The summed E-state index contributed by atoms with van der Waals surface area (Å²) in [6.45, 7) is 2.90. The Hall–Kier alpha value is -1.98. The number of carbonyl (C=O) groups is 1. The molecule has 0 bridgehead atoms. The summed E-state index contributed by atoms with van der Waals surface area (Å²) in [5, 5.41) is 7.34. The van der Waals surface area contributed by atoms with Crippen molar-refractivity contribution in [2.24, 2.45) is 0 Å². The molecule has 1 aliphatic rings. The van der Waals surface area contributed by atoms with Crippen LogP contribution in [-0.2, 0) is 21.2 Å². The zero-order valence-electron chi connectivity index (χ0n) is 14.8. The number of nitrogens with zero attached hydrogens (tertiary/aromatic N) is 4. The SMILES string of the molecule is CCc1nc(SCC(=O)N2CCN(S(=O)(=O)c3cccc(F)c3)CC2)n[nH]1. The summed E-state index contributed by atoms with van der Waals surface area (Å²) in [4.78, 5) is 18.1. The Bertz CT molecular complexity index is 910. The molecule has 1 amide bonds. The predicted molar refractivity (Wildman–Crippen MR) is 98.2 cm³/mol. The van der Waals surface area contributed by atoms with Crippen molar-refractivity contribution >= 4 is 27.7 Å². The molecule has 0 spiro atoms. The van der Waals surface area contributed by atoms with E-state index in [1.165, 1.54) is 34.3 Å². The average Bonchev–Trinajstić information content (AvgIpc) is 3.14. The van der Waals surface area contributed by atoms with Gasteiger partial charge in [-0.15, -0.1) is 5.10 Å². The third-order valence-electron chi connectivity index (χ3n) is 4.20. The Morgan fingerprint density at radius 1 is 1.30 bits per heavy atom. The molecule has 27 heavy (non-hydrogen) atoms. The summed E-state index contributed by atoms with van der Waals surface area (Å²) in [6, 6.07) is 4.94. The van der Waals surface area contributed by atoms with Crippen molar-refractivity contribution in [1.29, 1.82) is 0 Å². The van der Waals surface area contributed by atoms with E-state index in [0.717, 1.165) is 18.3 Å². The molecular weight excluding hydrogens is 393 g/mol. The van der Waals surface area contributed by atoms with Crippen LogP contribution in [0.1, 0.15) is 12.7 Å². The number of piperazine rings is 1. The van der Waals surface area contributed by atoms with Crippen molar-refractivity contribution in [3.63, 3.8) is 0 Å². The average molecular weight is 414 g/mol. The highest BCUT2D eigenvalue weighted by Gasteiger charge is 2.30. The van der Waals surface area contributed by atoms with Gasteiger partial charge in [0.2, 0.25) is 21.1 Å². The number of nitrogens with one attached hydrogen (secondary N) is 1. The van der Waals surface area contributed by atoms with Gasteiger partial charge in [0, 0.05) is 32.6 Å². The van der Waals surface area contributed by atoms with E-state index in [0.29, 0.717) is 18.2 Å². The largest absolute Gasteiger partial charge is 0.339 e. The number of rotatable bonds is 6. The van der Waals surface area contributed by atoms with Crippen LogP contribution in [0, 0.1) is 5.82 Å². The van der Waals surface area contributed by atoms with Crippen molar-refractivity contribution in [1.82, 2.24) is 24.4 Å². The fourth-order valence-corrected chi connectivity index (χ4v) is 4.85. The highest BCUT2D eigenvalue weighted by atomic mass is 32.2. The lowest BCUT2D eigenvalue weighted by atomic mass is 10.3. The molecule has 0 aliphatic carbocycles. The molecule has 11 heteroatoms. The quantitative estimate of drug-likeness (QED) is 0.713. The zero-order chi connectivity index (χ0) is 19.4. The number of amides is 1. The lowest BCUT2D eigenvalue weighted by Gasteiger charge is -2.34. The number of aromatic nitrogens is 3. The minimum absolute atomic E-state index is 0.0748. The molecule has 1 fully saturated rings. The molecule has 0 saturated carbocycles. The van der Waals surface area contributed by atoms with Crippen LogP contribution in [0.4, 0.5) is 4.39 Å². The fraction of sp³-hybridized carbons (Fsp3) is 0.438. The Balaban J connectivity index is 1.54. The standard InChI is InChI=1S/C16H20FN5O3S2/c1-2-14-18-16(20-19-14)26-11-15(23)21-6-8-22(9-7-21)27(24,25)13-5-3-4-12(17)10-13/h3-5,10H,2,6-9,11H2,1H3,(H,18,19,20). The molecule has 0 unspecified atom stereocenters. The molecule has 146 valence electrons. The number of aryl methyl sites for hydroxylation is 1. The Labute approximate surface area is 161 Å². The predicted octanol–water partition coefficient (Wildman–Crippen LogP) is 1.13. The maximum Gasteiger partial charge on any atom is 0.243 e. The minimum Gasteiger partial charge on any atom is -0.339 e. The molecule has 0 atom stereocenters. The number of H-pyrrole nitrogens is 1. The van der Waals surface area contributed by atoms with Gasteiger partial charge in [-0.2, -0.15) is 4.31 Å². The first-order valence-corrected chi connectivity index (χ1v) is 10.9. The van der Waals surface area contributed by atoms with E-state index >= 15 is 0 Å². The molecule has 1 aromatic heterocycles. The maximum absolute atomic E-state index is 13.3. The first kappa shape index (κ1) is 19.8. The normalized spacial score (nSPS) is 15.9. The first-order valence-electron chi connectivity index (χ1n) is 8.47. The number of hydrogen-bond acceptors (Lipinski definition) is 6. The van der Waals surface area contributed by atoms with Crippen LogP contribution in [0.5, 0.6) is 0 Å². The topological polar surface area (TPSA) is 99.3 Å². The van der Waals surface area contributed by atoms with Gasteiger partial charge < -0.3 is 4.90 Å². The van der Waals surface area contributed by atoms with Gasteiger partial charge in [-0.1, -0.05) is 24.8 Å². The van der Waals surface area contributed by atoms with E-state index in [9.17, 15) is 17.6 Å². The van der Waals surface area contributed by atoms with Crippen LogP contribution in [0.3, 0.4) is 0 Å². The molecule has 8 nitrogen and oxygen atoms in total. The Morgan fingerprint density at radius 3 is 2.67 bits per heavy atom. The van der Waals surface area contributed by atoms with Crippen LogP contribution in [-0.4, -0.2) is 70.6 Å². The van der Waals surface area contributed by atoms with Gasteiger partial charge in [-0.3, -0.25) is 9.89 Å². The van der Waals surface area contributed by atoms with Crippen molar-refractivity contribution in [2.75, 3.05) is 31.9 Å². The van der Waals surface area contributed by atoms with Gasteiger partial charge in [0.1, 0.15) is 11.6 Å². The summed E-state index contributed by atoms with van der Waals surface area (Å²) in [5.74, 6) is 0.268. The van der Waals surface area contributed by atoms with E-state index < -0.39 is 15.8 Å². The van der Waals surface area contributed by atoms with E-state index in [-0.39, 0.29) is 29.6 Å². The van der Waals surface area contributed by atoms with Crippen LogP contribution in [0.2, 0.25) is 0 Å². The zero-order valence-corrected chi connectivity index (χ0v) is 16.4. The number of hydrogen-bond donors (Lipinski definition) is 1. The molecule has 2 heterocycles. The van der Waals surface area contributed by atoms with Gasteiger partial charge in [-0.05, 0) is 18.2 Å². The molecule has 1 aliphatic heterocycles. The summed E-state index contributed by atoms with van der Waals surface area (Å²) in [6.07, 6.45) is 0.739. The smallest absolute Gasteiger partial charge is 0.243 e. The number of aromatic amines is 1. The summed E-state index contributed by atoms with van der Waals surface area (Å²) in [7, 11) is -3.76. The second kappa shape index (κ2) is 8.36. The second-order valence-electron chi connectivity index (χ2n) is 5.95. The molecule has 1 aromatic carbocycles. The third kappa shape index (κ3) is 4.66. The van der Waals surface area contributed by atoms with Gasteiger partial charge in [0.05, 0.1) is 10.6 Å². The number of halogens is 1. The van der Waals surface area contributed by atoms with Gasteiger partial charge in [-0.25, -0.2) is 17.8 Å². The summed E-state index contributed by atoms with van der Waals surface area (Å²) >= 11 is 1.24. The molecule has 0 radical (unpaired) electrons. The Kier molecular flexibility index (Phi) is 6.12. The van der Waals surface area contributed by atoms with Crippen molar-refractivity contribution < 1.29 is 17.6 Å². The summed E-state index contributed by atoms with van der Waals surface area (Å²) < 4.78 is 39.8. The number of benzene rings is 1. The second-order valence-corrected chi connectivity index (χ2v) is 8.83. The van der Waals surface area contributed by atoms with E-state index in [1.807, 2.05) is 6.92 Å². The maximum atomic E-state index is 13.3. The number of thioether (sulfide) groups is 1. The first-order chi connectivity index (χ1) is 12.9. The van der Waals surface area contributed by atoms with Crippen LogP contribution in [0.15, 0.2) is 34.3 Å². The van der Waals surface area contributed by atoms with E-state index in [1.54, 1.807) is 4.90 Å². The van der Waals surface area contributed by atoms with Crippen LogP contribution >= 0.6 is 11.8 Å². The highest BCUT2D eigenvalue weighted by Crippen LogP contribution is 2.19. The molecule has 2 aromatic rings. The lowest BCUT2D eigenvalue weighted by molar-refractivity contribution is -0.129.